The van der Waals surface area contributed by atoms with Crippen molar-refractivity contribution in [2.45, 2.75) is 70.0 Å². The van der Waals surface area contributed by atoms with Gasteiger partial charge in [-0.15, -0.1) is 0 Å². The molecular formula is C33H38N4O2. The number of rotatable bonds is 4. The van der Waals surface area contributed by atoms with Crippen LogP contribution in [0.4, 0.5) is 0 Å². The number of carbonyl (C=O) groups excluding carboxylic acids is 2. The Bertz CT molecular complexity index is 1420. The molecular weight excluding hydrogens is 484 g/mol. The fourth-order valence-electron chi connectivity index (χ4n) is 7.47. The van der Waals surface area contributed by atoms with Crippen LogP contribution in [0.3, 0.4) is 0 Å². The molecule has 3 heterocycles. The fraction of sp³-hybridized carbons (Fsp3) is 0.485. The van der Waals surface area contributed by atoms with Gasteiger partial charge in [-0.25, -0.2) is 0 Å². The highest BCUT2D eigenvalue weighted by Gasteiger charge is 2.51. The number of carbonyl (C=O) groups is 2. The molecule has 0 radical (unpaired) electrons. The third-order valence-corrected chi connectivity index (χ3v) is 9.71. The van der Waals surface area contributed by atoms with E-state index in [0.717, 1.165) is 84.7 Å². The monoisotopic (exact) mass is 522 g/mol. The Balaban J connectivity index is 1.21. The van der Waals surface area contributed by atoms with Gasteiger partial charge in [-0.1, -0.05) is 55.0 Å². The van der Waals surface area contributed by atoms with Crippen molar-refractivity contribution in [2.24, 2.45) is 10.9 Å². The van der Waals surface area contributed by atoms with Crippen molar-refractivity contribution in [2.75, 3.05) is 26.2 Å². The minimum Gasteiger partial charge on any atom is -0.323 e. The van der Waals surface area contributed by atoms with Crippen LogP contribution in [0.5, 0.6) is 0 Å². The molecule has 7 rings (SSSR count). The third kappa shape index (κ3) is 4.15. The lowest BCUT2D eigenvalue weighted by atomic mass is 9.84. The average Bonchev–Trinajstić information content (AvgIpc) is 3.16. The zero-order chi connectivity index (χ0) is 26.6. The van der Waals surface area contributed by atoms with Gasteiger partial charge in [0.05, 0.1) is 11.7 Å². The Morgan fingerprint density at radius 1 is 0.923 bits per heavy atom. The number of likely N-dealkylation sites (tertiary alicyclic amines) is 2. The van der Waals surface area contributed by atoms with E-state index in [1.54, 1.807) is 0 Å². The molecule has 6 heteroatoms. The molecule has 4 aliphatic rings. The molecule has 1 aliphatic carbocycles. The van der Waals surface area contributed by atoms with Gasteiger partial charge in [-0.3, -0.25) is 24.4 Å². The highest BCUT2D eigenvalue weighted by atomic mass is 16.2. The predicted octanol–water partition coefficient (Wildman–Crippen LogP) is 5.84. The summed E-state index contributed by atoms with van der Waals surface area (Å²) >= 11 is 0. The van der Waals surface area contributed by atoms with Crippen LogP contribution in [-0.2, 0) is 4.79 Å². The molecule has 2 saturated heterocycles. The van der Waals surface area contributed by atoms with Gasteiger partial charge in [-0.2, -0.15) is 0 Å². The fourth-order valence-corrected chi connectivity index (χ4v) is 7.47. The van der Waals surface area contributed by atoms with Crippen LogP contribution in [0.25, 0.3) is 21.5 Å². The summed E-state index contributed by atoms with van der Waals surface area (Å²) in [6.07, 6.45) is 8.48. The van der Waals surface area contributed by atoms with Gasteiger partial charge < -0.3 is 4.90 Å². The molecule has 2 amide bonds. The molecule has 3 fully saturated rings. The van der Waals surface area contributed by atoms with E-state index in [9.17, 15) is 9.59 Å². The highest BCUT2D eigenvalue weighted by Crippen LogP contribution is 2.38. The van der Waals surface area contributed by atoms with Gasteiger partial charge in [0.25, 0.3) is 11.8 Å². The van der Waals surface area contributed by atoms with E-state index in [0.29, 0.717) is 12.5 Å². The maximum atomic E-state index is 14.5. The summed E-state index contributed by atoms with van der Waals surface area (Å²) in [5, 5.41) is 4.22. The van der Waals surface area contributed by atoms with Crippen LogP contribution < -0.4 is 0 Å². The first-order valence-corrected chi connectivity index (χ1v) is 14.9. The standard InChI is InChI=1S/C33H38N4O2/c1-23-34-33(32(39)37(23)21-24-10-8-11-24)17-9-18-35(22-33)29-16-6-7-19-36(29)31(38)30-27-14-4-2-12-25(27)20-26-13-3-5-15-28(26)30/h2-5,12-15,20,24,29H,6-11,16-19,21-22H2,1H3. The Morgan fingerprint density at radius 2 is 1.64 bits per heavy atom. The van der Waals surface area contributed by atoms with Crippen LogP contribution in [0.2, 0.25) is 0 Å². The second-order valence-electron chi connectivity index (χ2n) is 12.1. The lowest BCUT2D eigenvalue weighted by Gasteiger charge is -2.47. The Hall–Kier alpha value is -3.25. The second kappa shape index (κ2) is 9.74. The van der Waals surface area contributed by atoms with Gasteiger partial charge in [0, 0.05) is 26.2 Å². The van der Waals surface area contributed by atoms with Crippen LogP contribution in [0, 0.1) is 5.92 Å². The summed E-state index contributed by atoms with van der Waals surface area (Å²) in [6, 6.07) is 18.7. The van der Waals surface area contributed by atoms with Crippen LogP contribution in [0.15, 0.2) is 59.6 Å². The minimum absolute atomic E-state index is 0.00913. The SMILES string of the molecule is CC1=NC2(CCCN(C3CCCCN3C(=O)c3c4ccccc4cc4ccccc34)C2)C(=O)N1CC1CCC1. The summed E-state index contributed by atoms with van der Waals surface area (Å²) in [5.41, 5.74) is 0.115. The quantitative estimate of drug-likeness (QED) is 0.405. The van der Waals surface area contributed by atoms with Gasteiger partial charge in [0.15, 0.2) is 5.54 Å². The lowest BCUT2D eigenvalue weighted by Crippen LogP contribution is -2.61. The van der Waals surface area contributed by atoms with E-state index in [1.165, 1.54) is 19.3 Å². The van der Waals surface area contributed by atoms with Crippen molar-refractivity contribution in [3.63, 3.8) is 0 Å². The van der Waals surface area contributed by atoms with Crippen LogP contribution in [-0.4, -0.2) is 70.2 Å². The zero-order valence-electron chi connectivity index (χ0n) is 22.9. The molecule has 2 unspecified atom stereocenters. The van der Waals surface area contributed by atoms with Gasteiger partial charge in [-0.05, 0) is 85.4 Å². The van der Waals surface area contributed by atoms with Gasteiger partial charge >= 0.3 is 0 Å². The zero-order valence-corrected chi connectivity index (χ0v) is 22.9. The summed E-state index contributed by atoms with van der Waals surface area (Å²) in [5.74, 6) is 1.80. The molecule has 202 valence electrons. The molecule has 1 spiro atoms. The van der Waals surface area contributed by atoms with E-state index >= 15 is 0 Å². The van der Waals surface area contributed by atoms with Crippen molar-refractivity contribution in [3.05, 3.63) is 60.2 Å². The van der Waals surface area contributed by atoms with Crippen molar-refractivity contribution < 1.29 is 9.59 Å². The topological polar surface area (TPSA) is 56.2 Å². The smallest absolute Gasteiger partial charge is 0.257 e. The first kappa shape index (κ1) is 24.8. The Morgan fingerprint density at radius 3 is 2.33 bits per heavy atom. The van der Waals surface area contributed by atoms with Crippen molar-refractivity contribution in [1.29, 1.82) is 0 Å². The molecule has 39 heavy (non-hydrogen) atoms. The maximum Gasteiger partial charge on any atom is 0.257 e. The van der Waals surface area contributed by atoms with E-state index in [-0.39, 0.29) is 18.0 Å². The normalized spacial score (nSPS) is 26.4. The lowest BCUT2D eigenvalue weighted by molar-refractivity contribution is -0.135. The number of aliphatic imine (C=N–C) groups is 1. The first-order valence-electron chi connectivity index (χ1n) is 14.9. The molecule has 0 N–H and O–H groups in total. The molecule has 3 aromatic carbocycles. The van der Waals surface area contributed by atoms with E-state index in [2.05, 4.69) is 40.1 Å². The molecule has 0 bridgehead atoms. The number of hydrogen-bond acceptors (Lipinski definition) is 4. The minimum atomic E-state index is -0.690. The van der Waals surface area contributed by atoms with Crippen molar-refractivity contribution >= 4 is 39.2 Å². The third-order valence-electron chi connectivity index (χ3n) is 9.71. The van der Waals surface area contributed by atoms with Gasteiger partial charge in [0.2, 0.25) is 0 Å². The van der Waals surface area contributed by atoms with E-state index < -0.39 is 5.54 Å². The van der Waals surface area contributed by atoms with Crippen molar-refractivity contribution in [1.82, 2.24) is 14.7 Å². The molecule has 1 saturated carbocycles. The van der Waals surface area contributed by atoms with E-state index in [1.807, 2.05) is 36.1 Å². The molecule has 2 atom stereocenters. The predicted molar refractivity (Wildman–Crippen MR) is 156 cm³/mol. The molecule has 3 aliphatic heterocycles. The van der Waals surface area contributed by atoms with Crippen molar-refractivity contribution in [3.8, 4) is 0 Å². The molecule has 0 aromatic heterocycles. The largest absolute Gasteiger partial charge is 0.323 e. The average molecular weight is 523 g/mol. The molecule has 3 aromatic rings. The Kier molecular flexibility index (Phi) is 6.19. The Labute approximate surface area is 230 Å². The van der Waals surface area contributed by atoms with Crippen LogP contribution in [0.1, 0.15) is 68.6 Å². The van der Waals surface area contributed by atoms with Gasteiger partial charge in [0.1, 0.15) is 5.84 Å². The number of piperidine rings is 2. The number of amides is 2. The molecule has 6 nitrogen and oxygen atoms in total. The van der Waals surface area contributed by atoms with Crippen LogP contribution >= 0.6 is 0 Å². The number of nitrogens with zero attached hydrogens (tertiary/aromatic N) is 4. The summed E-state index contributed by atoms with van der Waals surface area (Å²) in [6.45, 7) is 5.07. The second-order valence-corrected chi connectivity index (χ2v) is 12.1. The summed E-state index contributed by atoms with van der Waals surface area (Å²) in [4.78, 5) is 39.9. The number of amidine groups is 1. The maximum absolute atomic E-state index is 14.5. The highest BCUT2D eigenvalue weighted by molar-refractivity contribution is 6.18. The first-order chi connectivity index (χ1) is 19.0. The summed E-state index contributed by atoms with van der Waals surface area (Å²) in [7, 11) is 0. The number of fused-ring (bicyclic) bond motifs is 2. The number of benzene rings is 3. The summed E-state index contributed by atoms with van der Waals surface area (Å²) < 4.78 is 0. The van der Waals surface area contributed by atoms with E-state index in [4.69, 9.17) is 4.99 Å². The number of hydrogen-bond donors (Lipinski definition) is 0.